The molecule has 1 aromatic carbocycles. The second-order valence-electron chi connectivity index (χ2n) is 4.00. The van der Waals surface area contributed by atoms with E-state index in [4.69, 9.17) is 5.73 Å². The van der Waals surface area contributed by atoms with E-state index in [9.17, 15) is 8.78 Å². The molecule has 1 aromatic heterocycles. The van der Waals surface area contributed by atoms with Gasteiger partial charge in [0.1, 0.15) is 17.5 Å². The van der Waals surface area contributed by atoms with Crippen LogP contribution in [0.5, 0.6) is 0 Å². The lowest BCUT2D eigenvalue weighted by Gasteiger charge is -2.05. The van der Waals surface area contributed by atoms with Gasteiger partial charge in [0.15, 0.2) is 0 Å². The molecule has 2 N–H and O–H groups in total. The van der Waals surface area contributed by atoms with Crippen molar-refractivity contribution >= 4 is 5.69 Å². The number of nitrogens with two attached hydrogens (primary N) is 1. The van der Waals surface area contributed by atoms with E-state index in [1.807, 2.05) is 6.92 Å². The Morgan fingerprint density at radius 3 is 2.44 bits per heavy atom. The molecule has 0 saturated carbocycles. The van der Waals surface area contributed by atoms with Gasteiger partial charge >= 0.3 is 0 Å². The standard InChI is InChI=1S/C13H13F2N3/c1-2-12-11(16)7-17-13(18-12)5-8-3-9(14)6-10(15)4-8/h3-4,6-7H,2,5,16H2,1H3. The highest BCUT2D eigenvalue weighted by Crippen LogP contribution is 2.13. The highest BCUT2D eigenvalue weighted by molar-refractivity contribution is 5.40. The highest BCUT2D eigenvalue weighted by atomic mass is 19.1. The molecule has 5 heteroatoms. The number of hydrogen-bond donors (Lipinski definition) is 1. The van der Waals surface area contributed by atoms with Gasteiger partial charge in [-0.15, -0.1) is 0 Å². The highest BCUT2D eigenvalue weighted by Gasteiger charge is 2.06. The quantitative estimate of drug-likeness (QED) is 0.909. The van der Waals surface area contributed by atoms with Gasteiger partial charge in [-0.25, -0.2) is 18.7 Å². The predicted octanol–water partition coefficient (Wildman–Crippen LogP) is 2.49. The number of aryl methyl sites for hydroxylation is 1. The van der Waals surface area contributed by atoms with Crippen LogP contribution in [-0.2, 0) is 12.8 Å². The average Bonchev–Trinajstić information content (AvgIpc) is 2.30. The molecule has 2 aromatic rings. The number of rotatable bonds is 3. The molecule has 0 unspecified atom stereocenters. The zero-order valence-corrected chi connectivity index (χ0v) is 9.95. The van der Waals surface area contributed by atoms with Gasteiger partial charge in [-0.2, -0.15) is 0 Å². The van der Waals surface area contributed by atoms with Crippen molar-refractivity contribution in [1.82, 2.24) is 9.97 Å². The fourth-order valence-electron chi connectivity index (χ4n) is 1.73. The van der Waals surface area contributed by atoms with E-state index >= 15 is 0 Å². The van der Waals surface area contributed by atoms with Crippen molar-refractivity contribution in [2.75, 3.05) is 5.73 Å². The first-order valence-corrected chi connectivity index (χ1v) is 5.63. The molecule has 0 spiro atoms. The number of hydrogen-bond acceptors (Lipinski definition) is 3. The maximum Gasteiger partial charge on any atom is 0.133 e. The first-order valence-electron chi connectivity index (χ1n) is 5.63. The van der Waals surface area contributed by atoms with Gasteiger partial charge in [-0.1, -0.05) is 6.92 Å². The molecule has 0 aliphatic carbocycles. The zero-order valence-electron chi connectivity index (χ0n) is 9.95. The van der Waals surface area contributed by atoms with E-state index in [1.165, 1.54) is 18.3 Å². The number of benzene rings is 1. The zero-order chi connectivity index (χ0) is 13.1. The van der Waals surface area contributed by atoms with Gasteiger partial charge in [-0.3, -0.25) is 0 Å². The Bertz CT molecular complexity index is 550. The third kappa shape index (κ3) is 2.80. The van der Waals surface area contributed by atoms with Crippen LogP contribution in [0.15, 0.2) is 24.4 Å². The third-order valence-electron chi connectivity index (χ3n) is 2.57. The van der Waals surface area contributed by atoms with E-state index in [0.29, 0.717) is 23.5 Å². The molecule has 94 valence electrons. The monoisotopic (exact) mass is 249 g/mol. The van der Waals surface area contributed by atoms with Gasteiger partial charge in [0.25, 0.3) is 0 Å². The van der Waals surface area contributed by atoms with Gasteiger partial charge in [-0.05, 0) is 24.1 Å². The van der Waals surface area contributed by atoms with E-state index in [1.54, 1.807) is 0 Å². The molecule has 0 fully saturated rings. The van der Waals surface area contributed by atoms with Crippen LogP contribution in [0.4, 0.5) is 14.5 Å². The minimum Gasteiger partial charge on any atom is -0.396 e. The maximum atomic E-state index is 13.0. The summed E-state index contributed by atoms with van der Waals surface area (Å²) < 4.78 is 26.1. The first kappa shape index (κ1) is 12.4. The number of halogens is 2. The molecular weight excluding hydrogens is 236 g/mol. The number of nitrogens with zero attached hydrogens (tertiary/aromatic N) is 2. The first-order chi connectivity index (χ1) is 8.58. The minimum atomic E-state index is -0.601. The summed E-state index contributed by atoms with van der Waals surface area (Å²) in [7, 11) is 0. The summed E-state index contributed by atoms with van der Waals surface area (Å²) >= 11 is 0. The largest absolute Gasteiger partial charge is 0.396 e. The van der Waals surface area contributed by atoms with Gasteiger partial charge in [0.05, 0.1) is 17.6 Å². The van der Waals surface area contributed by atoms with Crippen molar-refractivity contribution in [2.45, 2.75) is 19.8 Å². The van der Waals surface area contributed by atoms with Crippen LogP contribution in [0.2, 0.25) is 0 Å². The fourth-order valence-corrected chi connectivity index (χ4v) is 1.73. The molecule has 18 heavy (non-hydrogen) atoms. The molecule has 0 saturated heterocycles. The van der Waals surface area contributed by atoms with E-state index in [-0.39, 0.29) is 6.42 Å². The van der Waals surface area contributed by atoms with Crippen LogP contribution in [0.1, 0.15) is 24.0 Å². The molecule has 2 rings (SSSR count). The van der Waals surface area contributed by atoms with E-state index < -0.39 is 11.6 Å². The Balaban J connectivity index is 2.28. The normalized spacial score (nSPS) is 10.6. The Hall–Kier alpha value is -2.04. The maximum absolute atomic E-state index is 13.0. The lowest BCUT2D eigenvalue weighted by atomic mass is 10.1. The SMILES string of the molecule is CCc1nc(Cc2cc(F)cc(F)c2)ncc1N. The molecule has 0 amide bonds. The van der Waals surface area contributed by atoms with Crippen LogP contribution < -0.4 is 5.73 Å². The Labute approximate surface area is 104 Å². The topological polar surface area (TPSA) is 51.8 Å². The minimum absolute atomic E-state index is 0.280. The molecular formula is C13H13F2N3. The van der Waals surface area contributed by atoms with Crippen LogP contribution >= 0.6 is 0 Å². The Morgan fingerprint density at radius 2 is 1.83 bits per heavy atom. The third-order valence-corrected chi connectivity index (χ3v) is 2.57. The van der Waals surface area contributed by atoms with Gasteiger partial charge in [0, 0.05) is 12.5 Å². The average molecular weight is 249 g/mol. The summed E-state index contributed by atoms with van der Waals surface area (Å²) in [6.45, 7) is 1.93. The summed E-state index contributed by atoms with van der Waals surface area (Å²) in [5.74, 6) is -0.696. The molecule has 0 radical (unpaired) electrons. The summed E-state index contributed by atoms with van der Waals surface area (Å²) in [5, 5.41) is 0. The number of anilines is 1. The van der Waals surface area contributed by atoms with Crippen molar-refractivity contribution < 1.29 is 8.78 Å². The smallest absolute Gasteiger partial charge is 0.133 e. The molecule has 1 heterocycles. The second-order valence-corrected chi connectivity index (χ2v) is 4.00. The summed E-state index contributed by atoms with van der Waals surface area (Å²) in [4.78, 5) is 8.32. The van der Waals surface area contributed by atoms with E-state index in [0.717, 1.165) is 11.8 Å². The molecule has 3 nitrogen and oxygen atoms in total. The predicted molar refractivity (Wildman–Crippen MR) is 65.0 cm³/mol. The lowest BCUT2D eigenvalue weighted by molar-refractivity contribution is 0.580. The van der Waals surface area contributed by atoms with Crippen LogP contribution in [0.3, 0.4) is 0 Å². The number of aromatic nitrogens is 2. The summed E-state index contributed by atoms with van der Waals surface area (Å²) in [6, 6.07) is 3.38. The van der Waals surface area contributed by atoms with Crippen LogP contribution in [0.25, 0.3) is 0 Å². The van der Waals surface area contributed by atoms with Crippen LogP contribution in [-0.4, -0.2) is 9.97 Å². The molecule has 0 atom stereocenters. The van der Waals surface area contributed by atoms with Crippen molar-refractivity contribution in [1.29, 1.82) is 0 Å². The van der Waals surface area contributed by atoms with Crippen molar-refractivity contribution in [3.8, 4) is 0 Å². The van der Waals surface area contributed by atoms with Crippen molar-refractivity contribution in [2.24, 2.45) is 0 Å². The lowest BCUT2D eigenvalue weighted by Crippen LogP contribution is -2.04. The summed E-state index contributed by atoms with van der Waals surface area (Å²) in [6.07, 6.45) is 2.50. The Kier molecular flexibility index (Phi) is 3.50. The second kappa shape index (κ2) is 5.08. The van der Waals surface area contributed by atoms with Gasteiger partial charge < -0.3 is 5.73 Å². The molecule has 0 aliphatic heterocycles. The van der Waals surface area contributed by atoms with Gasteiger partial charge in [0.2, 0.25) is 0 Å². The summed E-state index contributed by atoms with van der Waals surface area (Å²) in [5.41, 5.74) is 7.48. The Morgan fingerprint density at radius 1 is 1.17 bits per heavy atom. The molecule has 0 bridgehead atoms. The van der Waals surface area contributed by atoms with E-state index in [2.05, 4.69) is 9.97 Å². The number of nitrogen functional groups attached to an aromatic ring is 1. The van der Waals surface area contributed by atoms with Crippen molar-refractivity contribution in [3.63, 3.8) is 0 Å². The molecule has 0 aliphatic rings. The van der Waals surface area contributed by atoms with Crippen molar-refractivity contribution in [3.05, 3.63) is 53.1 Å². The fraction of sp³-hybridized carbons (Fsp3) is 0.231. The van der Waals surface area contributed by atoms with Crippen LogP contribution in [0, 0.1) is 11.6 Å².